The molecule has 0 spiro atoms. The highest BCUT2D eigenvalue weighted by Gasteiger charge is 2.58. The third-order valence-electron chi connectivity index (χ3n) is 8.62. The summed E-state index contributed by atoms with van der Waals surface area (Å²) in [6, 6.07) is 0. The summed E-state index contributed by atoms with van der Waals surface area (Å²) in [5.41, 5.74) is 1.30. The van der Waals surface area contributed by atoms with E-state index in [1.165, 1.54) is 32.1 Å². The second-order valence-corrected chi connectivity index (χ2v) is 10.6. The minimum atomic E-state index is -1.75. The highest BCUT2D eigenvalue weighted by Crippen LogP contribution is 2.65. The van der Waals surface area contributed by atoms with Crippen molar-refractivity contribution in [1.29, 1.82) is 0 Å². The molecule has 0 aromatic heterocycles. The third-order valence-corrected chi connectivity index (χ3v) is 8.62. The lowest BCUT2D eigenvalue weighted by Crippen LogP contribution is -2.55. The fraction of sp³-hybridized carbons (Fsp3) is 0.833. The summed E-state index contributed by atoms with van der Waals surface area (Å²) in [5.74, 6) is 0.283. The van der Waals surface area contributed by atoms with Crippen LogP contribution >= 0.6 is 0 Å². The average Bonchev–Trinajstić information content (AvgIpc) is 2.67. The minimum absolute atomic E-state index is 0.142. The molecule has 0 aromatic rings. The van der Waals surface area contributed by atoms with Crippen LogP contribution in [0.2, 0.25) is 0 Å². The van der Waals surface area contributed by atoms with E-state index < -0.39 is 30.0 Å². The lowest BCUT2D eigenvalue weighted by Gasteiger charge is -2.62. The first-order valence-electron chi connectivity index (χ1n) is 11.5. The Bertz CT molecular complexity index is 675. The molecule has 0 radical (unpaired) electrons. The van der Waals surface area contributed by atoms with Crippen molar-refractivity contribution >= 4 is 0 Å². The molecule has 3 fully saturated rings. The van der Waals surface area contributed by atoms with Crippen LogP contribution in [0.1, 0.15) is 72.1 Å². The van der Waals surface area contributed by atoms with E-state index in [9.17, 15) is 20.4 Å². The SMILES string of the molecule is C=C1C[C@@]2(C)CCC3[C@@H](C)CCC[C@@]3(C)[C@@H]2CC1OC(O)/C(O)=C(\O)C(O)CCO. The second kappa shape index (κ2) is 8.81. The smallest absolute Gasteiger partial charge is 0.218 e. The minimum Gasteiger partial charge on any atom is -0.506 e. The van der Waals surface area contributed by atoms with Crippen molar-refractivity contribution in [3.8, 4) is 0 Å². The zero-order valence-electron chi connectivity index (χ0n) is 18.7. The maximum atomic E-state index is 10.4. The Balaban J connectivity index is 1.78. The van der Waals surface area contributed by atoms with Gasteiger partial charge in [0.25, 0.3) is 0 Å². The standard InChI is InChI=1S/C24H40O6/c1-14-6-5-9-24(4)16(14)7-10-23(3)13-15(2)18(12-19(23)24)30-22(29)21(28)20(27)17(26)8-11-25/h14,16-19,22,25-29H,2,5-13H2,1,3-4H3/b21-20+/t14-,16?,17?,18?,19+,22?,23+,24+/m0/s1. The Hall–Kier alpha value is -1.08. The monoisotopic (exact) mass is 424 g/mol. The number of rotatable bonds is 6. The van der Waals surface area contributed by atoms with Gasteiger partial charge in [0.15, 0.2) is 11.5 Å². The molecule has 8 atom stereocenters. The van der Waals surface area contributed by atoms with Crippen LogP contribution in [-0.4, -0.2) is 50.6 Å². The largest absolute Gasteiger partial charge is 0.506 e. The van der Waals surface area contributed by atoms with Gasteiger partial charge < -0.3 is 30.3 Å². The summed E-state index contributed by atoms with van der Waals surface area (Å²) in [4.78, 5) is 0. The normalized spacial score (nSPS) is 42.0. The van der Waals surface area contributed by atoms with Gasteiger partial charge in [0.05, 0.1) is 6.10 Å². The Morgan fingerprint density at radius 2 is 1.87 bits per heavy atom. The fourth-order valence-corrected chi connectivity index (χ4v) is 7.05. The molecule has 4 unspecified atom stereocenters. The van der Waals surface area contributed by atoms with Gasteiger partial charge in [0.1, 0.15) is 6.10 Å². The third kappa shape index (κ3) is 4.16. The van der Waals surface area contributed by atoms with Crippen LogP contribution in [-0.2, 0) is 4.74 Å². The van der Waals surface area contributed by atoms with Crippen LogP contribution in [0, 0.1) is 28.6 Å². The maximum absolute atomic E-state index is 10.4. The van der Waals surface area contributed by atoms with Gasteiger partial charge in [-0.25, -0.2) is 0 Å². The lowest BCUT2D eigenvalue weighted by molar-refractivity contribution is -0.171. The van der Waals surface area contributed by atoms with Gasteiger partial charge in [0.2, 0.25) is 6.29 Å². The number of ether oxygens (including phenoxy) is 1. The van der Waals surface area contributed by atoms with Crippen LogP contribution < -0.4 is 0 Å². The molecule has 3 aliphatic carbocycles. The summed E-state index contributed by atoms with van der Waals surface area (Å²) >= 11 is 0. The molecule has 0 amide bonds. The van der Waals surface area contributed by atoms with E-state index in [-0.39, 0.29) is 23.9 Å². The summed E-state index contributed by atoms with van der Waals surface area (Å²) in [5, 5.41) is 49.1. The predicted octanol–water partition coefficient (Wildman–Crippen LogP) is 3.97. The van der Waals surface area contributed by atoms with Crippen molar-refractivity contribution in [3.05, 3.63) is 23.7 Å². The Morgan fingerprint density at radius 3 is 2.53 bits per heavy atom. The van der Waals surface area contributed by atoms with Crippen molar-refractivity contribution < 1.29 is 30.3 Å². The summed E-state index contributed by atoms with van der Waals surface area (Å²) in [6.07, 6.45) is 3.99. The van der Waals surface area contributed by atoms with Gasteiger partial charge in [-0.2, -0.15) is 0 Å². The molecule has 3 aliphatic rings. The van der Waals surface area contributed by atoms with Crippen molar-refractivity contribution in [1.82, 2.24) is 0 Å². The van der Waals surface area contributed by atoms with Gasteiger partial charge >= 0.3 is 0 Å². The van der Waals surface area contributed by atoms with Gasteiger partial charge in [-0.05, 0) is 66.3 Å². The van der Waals surface area contributed by atoms with Crippen LogP contribution in [0.3, 0.4) is 0 Å². The molecule has 0 bridgehead atoms. The molecule has 3 saturated carbocycles. The highest BCUT2D eigenvalue weighted by molar-refractivity contribution is 5.18. The lowest BCUT2D eigenvalue weighted by atomic mass is 9.43. The molecule has 0 aliphatic heterocycles. The Kier molecular flexibility index (Phi) is 6.93. The number of aliphatic hydroxyl groups excluding tert-OH is 5. The van der Waals surface area contributed by atoms with Crippen LogP contribution in [0.5, 0.6) is 0 Å². The molecule has 172 valence electrons. The van der Waals surface area contributed by atoms with Crippen molar-refractivity contribution in [3.63, 3.8) is 0 Å². The molecule has 0 aromatic carbocycles. The molecule has 3 rings (SSSR count). The molecular weight excluding hydrogens is 384 g/mol. The topological polar surface area (TPSA) is 110 Å². The summed E-state index contributed by atoms with van der Waals surface area (Å²) < 4.78 is 5.77. The van der Waals surface area contributed by atoms with Gasteiger partial charge in [-0.1, -0.05) is 40.2 Å². The Morgan fingerprint density at radius 1 is 1.17 bits per heavy atom. The van der Waals surface area contributed by atoms with Crippen LogP contribution in [0.15, 0.2) is 23.7 Å². The van der Waals surface area contributed by atoms with Gasteiger partial charge in [-0.15, -0.1) is 0 Å². The van der Waals surface area contributed by atoms with Gasteiger partial charge in [-0.3, -0.25) is 0 Å². The van der Waals surface area contributed by atoms with E-state index in [0.717, 1.165) is 24.3 Å². The zero-order valence-corrected chi connectivity index (χ0v) is 18.7. The Labute approximate surface area is 180 Å². The first kappa shape index (κ1) is 23.6. The number of hydrogen-bond donors (Lipinski definition) is 5. The fourth-order valence-electron chi connectivity index (χ4n) is 7.05. The van der Waals surface area contributed by atoms with E-state index in [1.54, 1.807) is 0 Å². The van der Waals surface area contributed by atoms with Gasteiger partial charge in [0, 0.05) is 13.0 Å². The summed E-state index contributed by atoms with van der Waals surface area (Å²) in [6.45, 7) is 11.0. The first-order chi connectivity index (χ1) is 14.0. The first-order valence-corrected chi connectivity index (χ1v) is 11.5. The van der Waals surface area contributed by atoms with E-state index in [4.69, 9.17) is 9.84 Å². The number of aliphatic hydroxyl groups is 5. The quantitative estimate of drug-likeness (QED) is 0.251. The maximum Gasteiger partial charge on any atom is 0.218 e. The van der Waals surface area contributed by atoms with Crippen molar-refractivity contribution in [2.75, 3.05) is 6.61 Å². The molecular formula is C24H40O6. The van der Waals surface area contributed by atoms with Crippen LogP contribution in [0.4, 0.5) is 0 Å². The molecule has 5 N–H and O–H groups in total. The molecule has 30 heavy (non-hydrogen) atoms. The van der Waals surface area contributed by atoms with E-state index in [1.807, 2.05) is 0 Å². The predicted molar refractivity (Wildman–Crippen MR) is 115 cm³/mol. The van der Waals surface area contributed by atoms with Crippen molar-refractivity contribution in [2.45, 2.75) is 90.6 Å². The van der Waals surface area contributed by atoms with E-state index >= 15 is 0 Å². The summed E-state index contributed by atoms with van der Waals surface area (Å²) in [7, 11) is 0. The molecule has 6 heteroatoms. The van der Waals surface area contributed by atoms with E-state index in [0.29, 0.717) is 11.8 Å². The average molecular weight is 425 g/mol. The number of hydrogen-bond acceptors (Lipinski definition) is 6. The molecule has 0 saturated heterocycles. The van der Waals surface area contributed by atoms with E-state index in [2.05, 4.69) is 27.4 Å². The highest BCUT2D eigenvalue weighted by atomic mass is 16.6. The van der Waals surface area contributed by atoms with Crippen molar-refractivity contribution in [2.24, 2.45) is 28.6 Å². The molecule has 0 heterocycles. The van der Waals surface area contributed by atoms with Crippen LogP contribution in [0.25, 0.3) is 0 Å². The zero-order chi connectivity index (χ0) is 22.3. The molecule has 6 nitrogen and oxygen atoms in total. The number of fused-ring (bicyclic) bond motifs is 3. The second-order valence-electron chi connectivity index (χ2n) is 10.6.